The van der Waals surface area contributed by atoms with E-state index in [1.807, 2.05) is 31.2 Å². The third kappa shape index (κ3) is 4.52. The molecule has 1 heterocycles. The number of carbonyl (C=O) groups is 1. The molecule has 4 heteroatoms. The minimum absolute atomic E-state index is 0.0587. The van der Waals surface area contributed by atoms with Crippen molar-refractivity contribution in [1.82, 2.24) is 4.90 Å². The first kappa shape index (κ1) is 18.2. The summed E-state index contributed by atoms with van der Waals surface area (Å²) in [4.78, 5) is 16.7. The highest BCUT2D eigenvalue weighted by molar-refractivity contribution is 6.04. The van der Waals surface area contributed by atoms with Crippen molar-refractivity contribution < 1.29 is 9.53 Å². The van der Waals surface area contributed by atoms with Crippen LogP contribution < -0.4 is 9.64 Å². The van der Waals surface area contributed by atoms with E-state index in [1.165, 1.54) is 11.3 Å². The number of allylic oxidation sites excluding steroid dienone is 2. The van der Waals surface area contributed by atoms with Crippen molar-refractivity contribution in [1.29, 1.82) is 0 Å². The molecule has 0 N–H and O–H groups in total. The van der Waals surface area contributed by atoms with Gasteiger partial charge in [0.2, 0.25) is 0 Å². The van der Waals surface area contributed by atoms with Crippen LogP contribution in [0.5, 0.6) is 5.75 Å². The predicted molar refractivity (Wildman–Crippen MR) is 106 cm³/mol. The molecule has 0 unspecified atom stereocenters. The summed E-state index contributed by atoms with van der Waals surface area (Å²) in [5.41, 5.74) is 3.24. The molecule has 0 radical (unpaired) electrons. The van der Waals surface area contributed by atoms with Crippen LogP contribution in [-0.4, -0.2) is 44.0 Å². The lowest BCUT2D eigenvalue weighted by Gasteiger charge is -2.36. The van der Waals surface area contributed by atoms with Gasteiger partial charge in [0.25, 0.3) is 0 Å². The molecular formula is C22H26N2O2. The summed E-state index contributed by atoms with van der Waals surface area (Å²) in [6.07, 6.45) is 3.38. The Morgan fingerprint density at radius 1 is 1.00 bits per heavy atom. The fourth-order valence-corrected chi connectivity index (χ4v) is 3.24. The van der Waals surface area contributed by atoms with Gasteiger partial charge in [-0.25, -0.2) is 0 Å². The standard InChI is InChI=1S/C22H26N2O2/c1-3-4-22(25)19-7-9-20(10-8-19)24-15-13-23(14-16-24)17-18-5-11-21(26-2)12-6-18/h3-12H,13-17H2,1-2H3/b4-3+. The summed E-state index contributed by atoms with van der Waals surface area (Å²) in [5, 5.41) is 0. The molecular weight excluding hydrogens is 324 g/mol. The fraction of sp³-hybridized carbons (Fsp3) is 0.318. The van der Waals surface area contributed by atoms with Gasteiger partial charge in [-0.05, 0) is 55.0 Å². The summed E-state index contributed by atoms with van der Waals surface area (Å²) in [6.45, 7) is 6.89. The fourth-order valence-electron chi connectivity index (χ4n) is 3.24. The number of anilines is 1. The number of ether oxygens (including phenoxy) is 1. The molecule has 1 fully saturated rings. The maximum atomic E-state index is 11.9. The molecule has 0 aliphatic carbocycles. The van der Waals surface area contributed by atoms with Crippen molar-refractivity contribution in [2.24, 2.45) is 0 Å². The number of piperazine rings is 1. The maximum absolute atomic E-state index is 11.9. The Balaban J connectivity index is 1.53. The normalized spacial score (nSPS) is 15.4. The highest BCUT2D eigenvalue weighted by Gasteiger charge is 2.17. The molecule has 26 heavy (non-hydrogen) atoms. The minimum Gasteiger partial charge on any atom is -0.497 e. The van der Waals surface area contributed by atoms with Crippen LogP contribution in [0.3, 0.4) is 0 Å². The van der Waals surface area contributed by atoms with Crippen molar-refractivity contribution in [2.75, 3.05) is 38.2 Å². The van der Waals surface area contributed by atoms with E-state index in [0.29, 0.717) is 0 Å². The number of methoxy groups -OCH3 is 1. The summed E-state index contributed by atoms with van der Waals surface area (Å²) >= 11 is 0. The lowest BCUT2D eigenvalue weighted by molar-refractivity contribution is 0.104. The zero-order chi connectivity index (χ0) is 18.4. The Bertz CT molecular complexity index is 743. The third-order valence-corrected chi connectivity index (χ3v) is 4.77. The van der Waals surface area contributed by atoms with Crippen LogP contribution in [0, 0.1) is 0 Å². The van der Waals surface area contributed by atoms with Crippen molar-refractivity contribution in [3.8, 4) is 5.75 Å². The second-order valence-electron chi connectivity index (χ2n) is 6.52. The molecule has 4 nitrogen and oxygen atoms in total. The van der Waals surface area contributed by atoms with Crippen molar-refractivity contribution in [2.45, 2.75) is 13.5 Å². The molecule has 2 aromatic carbocycles. The molecule has 0 spiro atoms. The first-order valence-electron chi connectivity index (χ1n) is 9.07. The van der Waals surface area contributed by atoms with E-state index in [2.05, 4.69) is 34.1 Å². The van der Waals surface area contributed by atoms with Gasteiger partial charge in [0.05, 0.1) is 7.11 Å². The van der Waals surface area contributed by atoms with Gasteiger partial charge in [-0.1, -0.05) is 18.2 Å². The summed E-state index contributed by atoms with van der Waals surface area (Å²) in [5.74, 6) is 0.957. The highest BCUT2D eigenvalue weighted by atomic mass is 16.5. The molecule has 3 rings (SSSR count). The van der Waals surface area contributed by atoms with Crippen LogP contribution in [0.25, 0.3) is 0 Å². The first-order chi connectivity index (χ1) is 12.7. The van der Waals surface area contributed by atoms with Crippen LogP contribution in [0.1, 0.15) is 22.8 Å². The topological polar surface area (TPSA) is 32.8 Å². The van der Waals surface area contributed by atoms with E-state index in [9.17, 15) is 4.79 Å². The van der Waals surface area contributed by atoms with E-state index in [0.717, 1.165) is 44.0 Å². The molecule has 2 aromatic rings. The van der Waals surface area contributed by atoms with Gasteiger partial charge in [0.15, 0.2) is 5.78 Å². The van der Waals surface area contributed by atoms with Crippen LogP contribution in [-0.2, 0) is 6.54 Å². The van der Waals surface area contributed by atoms with Crippen molar-refractivity contribution in [3.63, 3.8) is 0 Å². The lowest BCUT2D eigenvalue weighted by atomic mass is 10.1. The monoisotopic (exact) mass is 350 g/mol. The SMILES string of the molecule is C/C=C/C(=O)c1ccc(N2CCN(Cc3ccc(OC)cc3)CC2)cc1. The first-order valence-corrected chi connectivity index (χ1v) is 9.07. The van der Waals surface area contributed by atoms with Crippen LogP contribution in [0.15, 0.2) is 60.7 Å². The van der Waals surface area contributed by atoms with E-state index in [-0.39, 0.29) is 5.78 Å². The van der Waals surface area contributed by atoms with Crippen LogP contribution in [0.2, 0.25) is 0 Å². The Kier molecular flexibility index (Phi) is 6.08. The minimum atomic E-state index is 0.0587. The molecule has 0 amide bonds. The van der Waals surface area contributed by atoms with Crippen molar-refractivity contribution >= 4 is 11.5 Å². The van der Waals surface area contributed by atoms with E-state index < -0.39 is 0 Å². The number of benzene rings is 2. The van der Waals surface area contributed by atoms with Crippen LogP contribution >= 0.6 is 0 Å². The molecule has 0 aromatic heterocycles. The predicted octanol–water partition coefficient (Wildman–Crippen LogP) is 3.78. The third-order valence-electron chi connectivity index (χ3n) is 4.77. The second kappa shape index (κ2) is 8.68. The van der Waals surface area contributed by atoms with Gasteiger partial charge in [-0.2, -0.15) is 0 Å². The summed E-state index contributed by atoms with van der Waals surface area (Å²) in [6, 6.07) is 16.2. The van der Waals surface area contributed by atoms with E-state index >= 15 is 0 Å². The van der Waals surface area contributed by atoms with Crippen molar-refractivity contribution in [3.05, 3.63) is 71.8 Å². The van der Waals surface area contributed by atoms with Crippen LogP contribution in [0.4, 0.5) is 5.69 Å². The zero-order valence-corrected chi connectivity index (χ0v) is 15.5. The second-order valence-corrected chi connectivity index (χ2v) is 6.52. The van der Waals surface area contributed by atoms with Gasteiger partial charge in [0, 0.05) is 44.0 Å². The average Bonchev–Trinajstić information content (AvgIpc) is 2.69. The number of rotatable bonds is 6. The number of ketones is 1. The Hall–Kier alpha value is -2.59. The number of hydrogen-bond acceptors (Lipinski definition) is 4. The van der Waals surface area contributed by atoms with Gasteiger partial charge >= 0.3 is 0 Å². The molecule has 0 bridgehead atoms. The molecule has 0 atom stereocenters. The van der Waals surface area contributed by atoms with E-state index in [1.54, 1.807) is 19.3 Å². The molecule has 1 aliphatic heterocycles. The number of hydrogen-bond donors (Lipinski definition) is 0. The lowest BCUT2D eigenvalue weighted by Crippen LogP contribution is -2.45. The van der Waals surface area contributed by atoms with Gasteiger partial charge < -0.3 is 9.64 Å². The molecule has 1 saturated heterocycles. The number of nitrogens with zero attached hydrogens (tertiary/aromatic N) is 2. The molecule has 0 saturated carbocycles. The summed E-state index contributed by atoms with van der Waals surface area (Å²) in [7, 11) is 1.69. The largest absolute Gasteiger partial charge is 0.497 e. The Morgan fingerprint density at radius 2 is 1.65 bits per heavy atom. The smallest absolute Gasteiger partial charge is 0.185 e. The number of carbonyl (C=O) groups excluding carboxylic acids is 1. The molecule has 136 valence electrons. The quantitative estimate of drug-likeness (QED) is 0.586. The molecule has 1 aliphatic rings. The highest BCUT2D eigenvalue weighted by Crippen LogP contribution is 2.19. The average molecular weight is 350 g/mol. The Labute approximate surface area is 155 Å². The van der Waals surface area contributed by atoms with Gasteiger partial charge in [0.1, 0.15) is 5.75 Å². The Morgan fingerprint density at radius 3 is 2.23 bits per heavy atom. The van der Waals surface area contributed by atoms with Gasteiger partial charge in [-0.15, -0.1) is 0 Å². The maximum Gasteiger partial charge on any atom is 0.185 e. The van der Waals surface area contributed by atoms with Gasteiger partial charge in [-0.3, -0.25) is 9.69 Å². The van der Waals surface area contributed by atoms with E-state index in [4.69, 9.17) is 4.74 Å². The summed E-state index contributed by atoms with van der Waals surface area (Å²) < 4.78 is 5.21. The zero-order valence-electron chi connectivity index (χ0n) is 15.5.